The van der Waals surface area contributed by atoms with Crippen LogP contribution in [0.3, 0.4) is 0 Å². The SMILES string of the molecule is COc1cccc(C(CNC(=O)c2cc3ccccc3o2)OC)c1. The van der Waals surface area contributed by atoms with Gasteiger partial charge in [0, 0.05) is 19.0 Å². The Bertz CT molecular complexity index is 807. The van der Waals surface area contributed by atoms with E-state index in [-0.39, 0.29) is 17.8 Å². The van der Waals surface area contributed by atoms with Gasteiger partial charge in [0.15, 0.2) is 5.76 Å². The molecule has 1 unspecified atom stereocenters. The zero-order valence-corrected chi connectivity index (χ0v) is 13.6. The maximum Gasteiger partial charge on any atom is 0.287 e. The van der Waals surface area contributed by atoms with Gasteiger partial charge in [-0.3, -0.25) is 4.79 Å². The molecule has 24 heavy (non-hydrogen) atoms. The molecule has 0 fully saturated rings. The van der Waals surface area contributed by atoms with E-state index in [9.17, 15) is 4.79 Å². The van der Waals surface area contributed by atoms with Gasteiger partial charge in [-0.05, 0) is 29.8 Å². The van der Waals surface area contributed by atoms with Crippen molar-refractivity contribution in [3.8, 4) is 5.75 Å². The molecular formula is C19H19NO4. The number of rotatable bonds is 6. The highest BCUT2D eigenvalue weighted by Gasteiger charge is 2.16. The molecule has 1 heterocycles. The average molecular weight is 325 g/mol. The van der Waals surface area contributed by atoms with Crippen molar-refractivity contribution in [3.63, 3.8) is 0 Å². The smallest absolute Gasteiger partial charge is 0.287 e. The predicted octanol–water partition coefficient (Wildman–Crippen LogP) is 3.56. The number of nitrogens with one attached hydrogen (secondary N) is 1. The third kappa shape index (κ3) is 3.41. The van der Waals surface area contributed by atoms with Crippen molar-refractivity contribution in [2.24, 2.45) is 0 Å². The number of hydrogen-bond donors (Lipinski definition) is 1. The number of amides is 1. The molecule has 0 radical (unpaired) electrons. The summed E-state index contributed by atoms with van der Waals surface area (Å²) in [5.41, 5.74) is 1.63. The molecular weight excluding hydrogens is 306 g/mol. The van der Waals surface area contributed by atoms with Crippen molar-refractivity contribution >= 4 is 16.9 Å². The fourth-order valence-electron chi connectivity index (χ4n) is 2.55. The van der Waals surface area contributed by atoms with Gasteiger partial charge in [0.25, 0.3) is 5.91 Å². The van der Waals surface area contributed by atoms with Crippen LogP contribution < -0.4 is 10.1 Å². The van der Waals surface area contributed by atoms with Crippen LogP contribution in [-0.4, -0.2) is 26.7 Å². The molecule has 0 aliphatic carbocycles. The van der Waals surface area contributed by atoms with Crippen molar-refractivity contribution in [1.29, 1.82) is 0 Å². The van der Waals surface area contributed by atoms with Gasteiger partial charge >= 0.3 is 0 Å². The summed E-state index contributed by atoms with van der Waals surface area (Å²) in [7, 11) is 3.22. The van der Waals surface area contributed by atoms with Crippen LogP contribution in [0.5, 0.6) is 5.75 Å². The van der Waals surface area contributed by atoms with Gasteiger partial charge in [0.1, 0.15) is 11.3 Å². The number of furan rings is 1. The van der Waals surface area contributed by atoms with E-state index in [4.69, 9.17) is 13.9 Å². The van der Waals surface area contributed by atoms with E-state index in [2.05, 4.69) is 5.32 Å². The Kier molecular flexibility index (Phi) is 4.82. The van der Waals surface area contributed by atoms with Gasteiger partial charge < -0.3 is 19.2 Å². The maximum atomic E-state index is 12.3. The minimum atomic E-state index is -0.270. The Morgan fingerprint density at radius 2 is 1.96 bits per heavy atom. The molecule has 1 amide bonds. The Morgan fingerprint density at radius 1 is 1.12 bits per heavy atom. The predicted molar refractivity (Wildman–Crippen MR) is 91.3 cm³/mol. The Hall–Kier alpha value is -2.79. The van der Waals surface area contributed by atoms with Crippen molar-refractivity contribution in [1.82, 2.24) is 5.32 Å². The lowest BCUT2D eigenvalue weighted by atomic mass is 10.1. The molecule has 5 heteroatoms. The van der Waals surface area contributed by atoms with E-state index in [1.54, 1.807) is 20.3 Å². The summed E-state index contributed by atoms with van der Waals surface area (Å²) in [6.45, 7) is 0.333. The summed E-state index contributed by atoms with van der Waals surface area (Å²) in [5, 5.41) is 3.75. The summed E-state index contributed by atoms with van der Waals surface area (Å²) in [5.74, 6) is 0.769. The number of fused-ring (bicyclic) bond motifs is 1. The summed E-state index contributed by atoms with van der Waals surface area (Å²) < 4.78 is 16.3. The highest BCUT2D eigenvalue weighted by atomic mass is 16.5. The van der Waals surface area contributed by atoms with Crippen molar-refractivity contribution in [2.75, 3.05) is 20.8 Å². The van der Waals surface area contributed by atoms with Crippen LogP contribution in [0.2, 0.25) is 0 Å². The molecule has 1 atom stereocenters. The monoisotopic (exact) mass is 325 g/mol. The van der Waals surface area contributed by atoms with E-state index in [0.29, 0.717) is 12.1 Å². The summed E-state index contributed by atoms with van der Waals surface area (Å²) >= 11 is 0. The summed E-state index contributed by atoms with van der Waals surface area (Å²) in [4.78, 5) is 12.3. The Morgan fingerprint density at radius 3 is 2.71 bits per heavy atom. The van der Waals surface area contributed by atoms with Crippen LogP contribution in [0, 0.1) is 0 Å². The molecule has 0 aliphatic rings. The van der Waals surface area contributed by atoms with Gasteiger partial charge in [0.05, 0.1) is 13.2 Å². The molecule has 0 saturated carbocycles. The van der Waals surface area contributed by atoms with Crippen molar-refractivity contribution in [3.05, 3.63) is 65.9 Å². The maximum absolute atomic E-state index is 12.3. The first-order chi connectivity index (χ1) is 11.7. The van der Waals surface area contributed by atoms with Gasteiger partial charge in [-0.2, -0.15) is 0 Å². The molecule has 0 spiro atoms. The zero-order chi connectivity index (χ0) is 16.9. The molecule has 1 aromatic heterocycles. The zero-order valence-electron chi connectivity index (χ0n) is 13.6. The summed E-state index contributed by atoms with van der Waals surface area (Å²) in [6.07, 6.45) is -0.270. The van der Waals surface area contributed by atoms with Gasteiger partial charge in [-0.25, -0.2) is 0 Å². The van der Waals surface area contributed by atoms with Crippen LogP contribution in [0.15, 0.2) is 59.0 Å². The number of hydrogen-bond acceptors (Lipinski definition) is 4. The molecule has 3 aromatic rings. The van der Waals surface area contributed by atoms with Crippen LogP contribution in [0.1, 0.15) is 22.2 Å². The third-order valence-corrected chi connectivity index (χ3v) is 3.85. The molecule has 0 aliphatic heterocycles. The molecule has 2 aromatic carbocycles. The minimum Gasteiger partial charge on any atom is -0.497 e. The largest absolute Gasteiger partial charge is 0.497 e. The second-order valence-corrected chi connectivity index (χ2v) is 5.36. The standard InChI is InChI=1S/C19H19NO4/c1-22-15-8-5-7-13(10-15)18(23-2)12-20-19(21)17-11-14-6-3-4-9-16(14)24-17/h3-11,18H,12H2,1-2H3,(H,20,21). The minimum absolute atomic E-state index is 0.267. The Labute approximate surface area is 140 Å². The first kappa shape index (κ1) is 16.1. The number of carbonyl (C=O) groups excluding carboxylic acids is 1. The molecule has 0 bridgehead atoms. The van der Waals surface area contributed by atoms with Crippen LogP contribution in [0.25, 0.3) is 11.0 Å². The lowest BCUT2D eigenvalue weighted by Crippen LogP contribution is -2.28. The van der Waals surface area contributed by atoms with Gasteiger partial charge in [-0.15, -0.1) is 0 Å². The van der Waals surface area contributed by atoms with E-state index in [1.165, 1.54) is 0 Å². The lowest BCUT2D eigenvalue weighted by molar-refractivity contribution is 0.0808. The molecule has 5 nitrogen and oxygen atoms in total. The number of benzene rings is 2. The second-order valence-electron chi connectivity index (χ2n) is 5.36. The van der Waals surface area contributed by atoms with E-state index in [0.717, 1.165) is 16.7 Å². The number of methoxy groups -OCH3 is 2. The number of carbonyl (C=O) groups is 1. The van der Waals surface area contributed by atoms with E-state index < -0.39 is 0 Å². The molecule has 3 rings (SSSR count). The highest BCUT2D eigenvalue weighted by Crippen LogP contribution is 2.22. The van der Waals surface area contributed by atoms with Crippen LogP contribution in [0.4, 0.5) is 0 Å². The fraction of sp³-hybridized carbons (Fsp3) is 0.211. The fourth-order valence-corrected chi connectivity index (χ4v) is 2.55. The Balaban J connectivity index is 1.69. The quantitative estimate of drug-likeness (QED) is 0.753. The lowest BCUT2D eigenvalue weighted by Gasteiger charge is -2.16. The second kappa shape index (κ2) is 7.19. The van der Waals surface area contributed by atoms with Gasteiger partial charge in [0.2, 0.25) is 0 Å². The first-order valence-corrected chi connectivity index (χ1v) is 7.65. The van der Waals surface area contributed by atoms with E-state index >= 15 is 0 Å². The topological polar surface area (TPSA) is 60.7 Å². The van der Waals surface area contributed by atoms with Gasteiger partial charge in [-0.1, -0.05) is 30.3 Å². The summed E-state index contributed by atoms with van der Waals surface area (Å²) in [6, 6.07) is 16.8. The third-order valence-electron chi connectivity index (χ3n) is 3.85. The van der Waals surface area contributed by atoms with Crippen LogP contribution in [-0.2, 0) is 4.74 Å². The molecule has 124 valence electrons. The van der Waals surface area contributed by atoms with Crippen LogP contribution >= 0.6 is 0 Å². The normalized spacial score (nSPS) is 12.1. The highest BCUT2D eigenvalue weighted by molar-refractivity contribution is 5.96. The molecule has 1 N–H and O–H groups in total. The molecule has 0 saturated heterocycles. The van der Waals surface area contributed by atoms with E-state index in [1.807, 2.05) is 48.5 Å². The van der Waals surface area contributed by atoms with Crippen molar-refractivity contribution in [2.45, 2.75) is 6.10 Å². The first-order valence-electron chi connectivity index (χ1n) is 7.65. The average Bonchev–Trinajstić information content (AvgIpc) is 3.06. The number of ether oxygens (including phenoxy) is 2. The number of para-hydroxylation sites is 1. The van der Waals surface area contributed by atoms with Crippen molar-refractivity contribution < 1.29 is 18.7 Å².